The van der Waals surface area contributed by atoms with Gasteiger partial charge in [-0.2, -0.15) is 5.26 Å². The number of likely N-dealkylation sites (N-methyl/N-ethyl adjacent to an activating group) is 1. The zero-order chi connectivity index (χ0) is 20.7. The Morgan fingerprint density at radius 2 is 2.18 bits per heavy atom. The molecule has 5 nitrogen and oxygen atoms in total. The highest BCUT2D eigenvalue weighted by Crippen LogP contribution is 2.33. The predicted octanol–water partition coefficient (Wildman–Crippen LogP) is 5.76. The number of aliphatic hydroxyl groups excluding tert-OH is 1. The first kappa shape index (κ1) is 21.8. The molecule has 0 aliphatic carbocycles. The predicted molar refractivity (Wildman–Crippen MR) is 115 cm³/mol. The Hall–Kier alpha value is -2.52. The van der Waals surface area contributed by atoms with E-state index in [0.717, 1.165) is 40.3 Å². The number of aliphatic hydroxyl groups is 1. The molecule has 2 rings (SSSR count). The summed E-state index contributed by atoms with van der Waals surface area (Å²) in [7, 11) is 0. The molecule has 28 heavy (non-hydrogen) atoms. The number of carbonyl (C=O) groups excluding carboxylic acids is 1. The number of nitriles is 1. The third-order valence-electron chi connectivity index (χ3n) is 4.56. The van der Waals surface area contributed by atoms with E-state index in [1.807, 2.05) is 38.1 Å². The molecule has 0 fully saturated rings. The van der Waals surface area contributed by atoms with Crippen LogP contribution in [0.25, 0.3) is 16.5 Å². The molecule has 0 unspecified atom stereocenters. The maximum Gasteiger partial charge on any atom is 0.247 e. The van der Waals surface area contributed by atoms with E-state index in [2.05, 4.69) is 22.5 Å². The van der Waals surface area contributed by atoms with Crippen LogP contribution in [0.5, 0.6) is 0 Å². The summed E-state index contributed by atoms with van der Waals surface area (Å²) in [5.74, 6) is 0.642. The average Bonchev–Trinajstić information content (AvgIpc) is 3.11. The van der Waals surface area contributed by atoms with Crippen molar-refractivity contribution in [3.63, 3.8) is 0 Å². The Morgan fingerprint density at radius 3 is 2.82 bits per heavy atom. The Morgan fingerprint density at radius 1 is 1.43 bits per heavy atom. The number of nitrogens with zero attached hydrogens (tertiary/aromatic N) is 2. The Kier molecular flexibility index (Phi) is 7.89. The molecule has 1 aromatic carbocycles. The molecule has 0 saturated carbocycles. The summed E-state index contributed by atoms with van der Waals surface area (Å²) in [6.45, 7) is 7.73. The first-order valence-electron chi connectivity index (χ1n) is 9.29. The van der Waals surface area contributed by atoms with Gasteiger partial charge >= 0.3 is 0 Å². The summed E-state index contributed by atoms with van der Waals surface area (Å²) in [5, 5.41) is 19.0. The highest BCUT2D eigenvalue weighted by atomic mass is 79.9. The Balaban J connectivity index is 2.26. The second-order valence-electron chi connectivity index (χ2n) is 6.67. The zero-order valence-electron chi connectivity index (χ0n) is 16.3. The number of benzene rings is 1. The van der Waals surface area contributed by atoms with Gasteiger partial charge in [0.1, 0.15) is 17.9 Å². The van der Waals surface area contributed by atoms with Gasteiger partial charge in [0.2, 0.25) is 5.91 Å². The fourth-order valence-corrected chi connectivity index (χ4v) is 3.39. The van der Waals surface area contributed by atoms with Crippen molar-refractivity contribution in [3.05, 3.63) is 52.4 Å². The van der Waals surface area contributed by atoms with E-state index in [1.54, 1.807) is 0 Å². The van der Waals surface area contributed by atoms with Gasteiger partial charge in [-0.25, -0.2) is 0 Å². The number of hydrogen-bond donors (Lipinski definition) is 1. The highest BCUT2D eigenvalue weighted by molar-refractivity contribution is 9.10. The lowest BCUT2D eigenvalue weighted by molar-refractivity contribution is -0.125. The van der Waals surface area contributed by atoms with Crippen LogP contribution in [0, 0.1) is 11.3 Å². The molecular weight excluding hydrogens is 420 g/mol. The first-order valence-corrected chi connectivity index (χ1v) is 10.1. The van der Waals surface area contributed by atoms with Crippen molar-refractivity contribution in [2.75, 3.05) is 13.1 Å². The van der Waals surface area contributed by atoms with Crippen LogP contribution < -0.4 is 0 Å². The van der Waals surface area contributed by atoms with Gasteiger partial charge in [0.05, 0.1) is 11.8 Å². The molecule has 0 saturated heterocycles. The van der Waals surface area contributed by atoms with Gasteiger partial charge in [-0.1, -0.05) is 28.6 Å². The quantitative estimate of drug-likeness (QED) is 0.231. The van der Waals surface area contributed by atoms with Crippen molar-refractivity contribution in [2.45, 2.75) is 39.5 Å². The third-order valence-corrected chi connectivity index (χ3v) is 5.25. The lowest BCUT2D eigenvalue weighted by Crippen LogP contribution is -2.29. The Labute approximate surface area is 174 Å². The summed E-state index contributed by atoms with van der Waals surface area (Å²) in [4.78, 5) is 13.8. The van der Waals surface area contributed by atoms with E-state index < -0.39 is 0 Å². The number of rotatable bonds is 9. The van der Waals surface area contributed by atoms with Crippen LogP contribution >= 0.6 is 15.9 Å². The van der Waals surface area contributed by atoms with Gasteiger partial charge in [0.15, 0.2) is 0 Å². The van der Waals surface area contributed by atoms with Crippen LogP contribution in [0.1, 0.15) is 44.4 Å². The average molecular weight is 445 g/mol. The third kappa shape index (κ3) is 5.49. The van der Waals surface area contributed by atoms with E-state index in [0.29, 0.717) is 24.3 Å². The maximum absolute atomic E-state index is 12.3. The molecule has 0 bridgehead atoms. The molecule has 1 N–H and O–H groups in total. The van der Waals surface area contributed by atoms with Gasteiger partial charge in [-0.15, -0.1) is 0 Å². The largest absolute Gasteiger partial charge is 0.513 e. The van der Waals surface area contributed by atoms with Gasteiger partial charge in [-0.3, -0.25) is 4.79 Å². The molecule has 0 radical (unpaired) electrons. The van der Waals surface area contributed by atoms with E-state index in [1.165, 1.54) is 11.0 Å². The summed E-state index contributed by atoms with van der Waals surface area (Å²) in [6.07, 6.45) is 4.72. The number of aryl methyl sites for hydroxylation is 1. The smallest absolute Gasteiger partial charge is 0.247 e. The molecule has 0 spiro atoms. The van der Waals surface area contributed by atoms with Crippen molar-refractivity contribution in [1.29, 1.82) is 5.26 Å². The fraction of sp³-hybridized carbons (Fsp3) is 0.364. The minimum absolute atomic E-state index is 0.0647. The first-order chi connectivity index (χ1) is 13.4. The zero-order valence-corrected chi connectivity index (χ0v) is 17.9. The number of halogens is 1. The summed E-state index contributed by atoms with van der Waals surface area (Å²) in [6, 6.07) is 7.96. The minimum atomic E-state index is -0.203. The SMILES string of the molecule is C=C(O)CCCCc1ccc(Br)c2cc(/C(C)=C/C(=O)N(CC)CC#N)oc12. The van der Waals surface area contributed by atoms with Crippen molar-refractivity contribution < 1.29 is 14.3 Å². The van der Waals surface area contributed by atoms with Crippen molar-refractivity contribution in [2.24, 2.45) is 0 Å². The topological polar surface area (TPSA) is 77.5 Å². The van der Waals surface area contributed by atoms with E-state index >= 15 is 0 Å². The molecular formula is C22H25BrN2O3. The molecule has 0 atom stereocenters. The van der Waals surface area contributed by atoms with Crippen LogP contribution in [0.2, 0.25) is 0 Å². The molecule has 0 aliphatic rings. The lowest BCUT2D eigenvalue weighted by atomic mass is 10.0. The Bertz CT molecular complexity index is 937. The summed E-state index contributed by atoms with van der Waals surface area (Å²) >= 11 is 3.56. The second-order valence-corrected chi connectivity index (χ2v) is 7.53. The molecule has 0 aliphatic heterocycles. The summed E-state index contributed by atoms with van der Waals surface area (Å²) < 4.78 is 7.03. The van der Waals surface area contributed by atoms with Crippen LogP contribution in [0.15, 0.2) is 45.5 Å². The van der Waals surface area contributed by atoms with Crippen LogP contribution in [-0.2, 0) is 11.2 Å². The molecule has 1 heterocycles. The lowest BCUT2D eigenvalue weighted by Gasteiger charge is -2.14. The monoisotopic (exact) mass is 444 g/mol. The van der Waals surface area contributed by atoms with Crippen molar-refractivity contribution >= 4 is 38.4 Å². The van der Waals surface area contributed by atoms with Crippen LogP contribution in [-0.4, -0.2) is 29.0 Å². The number of allylic oxidation sites excluding steroid dienone is 2. The normalized spacial score (nSPS) is 11.4. The van der Waals surface area contributed by atoms with Crippen LogP contribution in [0.3, 0.4) is 0 Å². The number of carbonyl (C=O) groups is 1. The second kappa shape index (κ2) is 10.1. The molecule has 1 amide bonds. The molecule has 6 heteroatoms. The van der Waals surface area contributed by atoms with E-state index in [9.17, 15) is 9.90 Å². The number of furan rings is 1. The van der Waals surface area contributed by atoms with E-state index in [-0.39, 0.29) is 18.2 Å². The van der Waals surface area contributed by atoms with E-state index in [4.69, 9.17) is 9.68 Å². The summed E-state index contributed by atoms with van der Waals surface area (Å²) in [5.41, 5.74) is 2.61. The number of unbranched alkanes of at least 4 members (excludes halogenated alkanes) is 1. The fourth-order valence-electron chi connectivity index (χ4n) is 2.96. The highest BCUT2D eigenvalue weighted by Gasteiger charge is 2.15. The minimum Gasteiger partial charge on any atom is -0.513 e. The number of hydrogen-bond acceptors (Lipinski definition) is 4. The standard InChI is InChI=1S/C22H25BrN2O3/c1-4-25(12-11-24)21(27)13-15(2)20-14-18-19(23)10-9-17(22(18)28-20)8-6-5-7-16(3)26/h9-10,13-14,26H,3-8,12H2,1-2H3/b15-13+. The number of amides is 1. The van der Waals surface area contributed by atoms with Gasteiger partial charge in [0, 0.05) is 28.9 Å². The van der Waals surface area contributed by atoms with Crippen LogP contribution in [0.4, 0.5) is 0 Å². The maximum atomic E-state index is 12.3. The number of fused-ring (bicyclic) bond motifs is 1. The van der Waals surface area contributed by atoms with Gasteiger partial charge < -0.3 is 14.4 Å². The van der Waals surface area contributed by atoms with Gasteiger partial charge in [-0.05, 0) is 56.4 Å². The molecule has 148 valence electrons. The van der Waals surface area contributed by atoms with Crippen molar-refractivity contribution in [3.8, 4) is 6.07 Å². The molecule has 2 aromatic rings. The molecule has 1 aromatic heterocycles. The van der Waals surface area contributed by atoms with Crippen molar-refractivity contribution in [1.82, 2.24) is 4.90 Å². The van der Waals surface area contributed by atoms with Gasteiger partial charge in [0.25, 0.3) is 0 Å².